The Kier molecular flexibility index (Phi) is 9.14. The van der Waals surface area contributed by atoms with E-state index in [9.17, 15) is 0 Å². The van der Waals surface area contributed by atoms with Crippen LogP contribution in [0.5, 0.6) is 0 Å². The van der Waals surface area contributed by atoms with Crippen LogP contribution in [-0.4, -0.2) is 22.8 Å². The third-order valence-electron chi connectivity index (χ3n) is 3.76. The standard InChI is InChI=1S/C15H30PS2/c1-4-7-10-16(11-8-5-2,12-9-6-3)15-17-13-14-18-15/h13-15H,4-12H2,1-3H3/q+1. The average Bonchev–Trinajstić information content (AvgIpc) is 2.93. The second-order valence-electron chi connectivity index (χ2n) is 5.30. The van der Waals surface area contributed by atoms with Gasteiger partial charge in [-0.3, -0.25) is 0 Å². The summed E-state index contributed by atoms with van der Waals surface area (Å²) in [5.41, 5.74) is 0. The smallest absolute Gasteiger partial charge is 0.0782 e. The lowest BCUT2D eigenvalue weighted by molar-refractivity contribution is 0.836. The molecule has 0 atom stereocenters. The highest BCUT2D eigenvalue weighted by atomic mass is 32.2. The molecule has 0 spiro atoms. The zero-order valence-corrected chi connectivity index (χ0v) is 14.9. The van der Waals surface area contributed by atoms with Crippen LogP contribution in [0.1, 0.15) is 59.3 Å². The van der Waals surface area contributed by atoms with Crippen molar-refractivity contribution >= 4 is 30.8 Å². The van der Waals surface area contributed by atoms with E-state index in [0.717, 1.165) is 4.32 Å². The lowest BCUT2D eigenvalue weighted by Crippen LogP contribution is -2.16. The van der Waals surface area contributed by atoms with E-state index in [0.29, 0.717) is 0 Å². The van der Waals surface area contributed by atoms with Gasteiger partial charge in [-0.2, -0.15) is 0 Å². The summed E-state index contributed by atoms with van der Waals surface area (Å²) in [4.78, 5) is 0. The van der Waals surface area contributed by atoms with Crippen molar-refractivity contribution in [3.05, 3.63) is 10.8 Å². The van der Waals surface area contributed by atoms with Crippen LogP contribution in [0.15, 0.2) is 10.8 Å². The molecule has 0 fully saturated rings. The predicted molar refractivity (Wildman–Crippen MR) is 94.4 cm³/mol. The van der Waals surface area contributed by atoms with Crippen molar-refractivity contribution in [2.45, 2.75) is 63.6 Å². The van der Waals surface area contributed by atoms with Gasteiger partial charge in [-0.15, -0.1) is 0 Å². The molecule has 106 valence electrons. The minimum Gasteiger partial charge on any atom is -0.0782 e. The topological polar surface area (TPSA) is 0 Å². The molecule has 0 unspecified atom stereocenters. The highest BCUT2D eigenvalue weighted by Gasteiger charge is 2.45. The Balaban J connectivity index is 2.69. The largest absolute Gasteiger partial charge is 0.167 e. The minimum atomic E-state index is -0.730. The molecule has 0 bridgehead atoms. The van der Waals surface area contributed by atoms with Crippen LogP contribution in [0.4, 0.5) is 0 Å². The molecular formula is C15H30PS2+. The molecule has 0 amide bonds. The summed E-state index contributed by atoms with van der Waals surface area (Å²) in [5.74, 6) is 0. The Morgan fingerprint density at radius 2 is 1.17 bits per heavy atom. The van der Waals surface area contributed by atoms with Gasteiger partial charge in [0.15, 0.2) is 4.32 Å². The molecule has 0 saturated carbocycles. The molecular weight excluding hydrogens is 275 g/mol. The van der Waals surface area contributed by atoms with Gasteiger partial charge in [0.25, 0.3) is 0 Å². The number of thioether (sulfide) groups is 2. The second-order valence-corrected chi connectivity index (χ2v) is 12.6. The third kappa shape index (κ3) is 5.10. The van der Waals surface area contributed by atoms with E-state index in [2.05, 4.69) is 55.1 Å². The quantitative estimate of drug-likeness (QED) is 0.415. The zero-order chi connectivity index (χ0) is 13.3. The molecule has 3 heteroatoms. The van der Waals surface area contributed by atoms with Gasteiger partial charge in [0.05, 0.1) is 18.5 Å². The van der Waals surface area contributed by atoms with Crippen molar-refractivity contribution in [3.63, 3.8) is 0 Å². The van der Waals surface area contributed by atoms with E-state index in [1.165, 1.54) is 38.5 Å². The Morgan fingerprint density at radius 3 is 1.50 bits per heavy atom. The molecule has 1 heterocycles. The molecule has 0 aromatic carbocycles. The summed E-state index contributed by atoms with van der Waals surface area (Å²) in [7, 11) is -0.730. The summed E-state index contributed by atoms with van der Waals surface area (Å²) >= 11 is 4.26. The Morgan fingerprint density at radius 1 is 0.778 bits per heavy atom. The van der Waals surface area contributed by atoms with Gasteiger partial charge < -0.3 is 0 Å². The van der Waals surface area contributed by atoms with Crippen LogP contribution >= 0.6 is 30.8 Å². The van der Waals surface area contributed by atoms with Gasteiger partial charge in [-0.25, -0.2) is 0 Å². The number of unbranched alkanes of at least 4 members (excludes halogenated alkanes) is 3. The predicted octanol–water partition coefficient (Wildman–Crippen LogP) is 6.64. The summed E-state index contributed by atoms with van der Waals surface area (Å²) in [6.07, 6.45) is 13.1. The molecule has 18 heavy (non-hydrogen) atoms. The van der Waals surface area contributed by atoms with Gasteiger partial charge in [0, 0.05) is 7.26 Å². The number of hydrogen-bond donors (Lipinski definition) is 0. The first-order valence-corrected chi connectivity index (χ1v) is 11.9. The minimum absolute atomic E-state index is 0.730. The van der Waals surface area contributed by atoms with Gasteiger partial charge in [-0.1, -0.05) is 63.6 Å². The monoisotopic (exact) mass is 305 g/mol. The van der Waals surface area contributed by atoms with Crippen molar-refractivity contribution in [1.29, 1.82) is 0 Å². The van der Waals surface area contributed by atoms with Crippen molar-refractivity contribution < 1.29 is 0 Å². The summed E-state index contributed by atoms with van der Waals surface area (Å²) in [5, 5.41) is 4.68. The van der Waals surface area contributed by atoms with E-state index in [1.807, 2.05) is 0 Å². The molecule has 1 aliphatic rings. The maximum Gasteiger partial charge on any atom is 0.167 e. The molecule has 1 aliphatic heterocycles. The van der Waals surface area contributed by atoms with Crippen molar-refractivity contribution in [2.24, 2.45) is 0 Å². The van der Waals surface area contributed by atoms with Gasteiger partial charge in [-0.05, 0) is 30.1 Å². The van der Waals surface area contributed by atoms with Crippen LogP contribution < -0.4 is 0 Å². The second kappa shape index (κ2) is 9.72. The fraction of sp³-hybridized carbons (Fsp3) is 0.867. The fourth-order valence-electron chi connectivity index (χ4n) is 2.56. The molecule has 0 aromatic heterocycles. The van der Waals surface area contributed by atoms with Gasteiger partial charge in [0.2, 0.25) is 0 Å². The molecule has 1 rings (SSSR count). The summed E-state index contributed by atoms with van der Waals surface area (Å²) in [6, 6.07) is 0. The van der Waals surface area contributed by atoms with Crippen LogP contribution in [0.25, 0.3) is 0 Å². The maximum atomic E-state index is 2.35. The Hall–Kier alpha value is 0.870. The van der Waals surface area contributed by atoms with E-state index < -0.39 is 7.26 Å². The lowest BCUT2D eigenvalue weighted by atomic mass is 10.4. The van der Waals surface area contributed by atoms with E-state index in [1.54, 1.807) is 18.5 Å². The molecule has 0 saturated heterocycles. The first-order chi connectivity index (χ1) is 8.79. The van der Waals surface area contributed by atoms with Gasteiger partial charge >= 0.3 is 0 Å². The zero-order valence-electron chi connectivity index (χ0n) is 12.4. The van der Waals surface area contributed by atoms with E-state index in [-0.39, 0.29) is 0 Å². The van der Waals surface area contributed by atoms with Crippen LogP contribution in [0, 0.1) is 0 Å². The average molecular weight is 306 g/mol. The lowest BCUT2D eigenvalue weighted by Gasteiger charge is -2.32. The van der Waals surface area contributed by atoms with Crippen LogP contribution in [0.2, 0.25) is 0 Å². The maximum absolute atomic E-state index is 2.35. The van der Waals surface area contributed by atoms with E-state index >= 15 is 0 Å². The van der Waals surface area contributed by atoms with Crippen LogP contribution in [-0.2, 0) is 0 Å². The summed E-state index contributed by atoms with van der Waals surface area (Å²) in [6.45, 7) is 7.05. The van der Waals surface area contributed by atoms with E-state index in [4.69, 9.17) is 0 Å². The SMILES string of the molecule is CCCC[P+](CCCC)(CCCC)C1SC=CS1. The van der Waals surface area contributed by atoms with Crippen molar-refractivity contribution in [1.82, 2.24) is 0 Å². The van der Waals surface area contributed by atoms with Crippen LogP contribution in [0.3, 0.4) is 0 Å². The molecule has 0 aliphatic carbocycles. The molecule has 0 radical (unpaired) electrons. The number of hydrogen-bond acceptors (Lipinski definition) is 2. The molecule has 0 aromatic rings. The summed E-state index contributed by atoms with van der Waals surface area (Å²) < 4.78 is 0.905. The van der Waals surface area contributed by atoms with Crippen molar-refractivity contribution in [3.8, 4) is 0 Å². The first kappa shape index (κ1) is 16.9. The molecule has 0 N–H and O–H groups in total. The highest BCUT2D eigenvalue weighted by Crippen LogP contribution is 2.72. The van der Waals surface area contributed by atoms with Crippen molar-refractivity contribution in [2.75, 3.05) is 18.5 Å². The Bertz CT molecular complexity index is 211. The molecule has 0 nitrogen and oxygen atoms in total. The third-order valence-corrected chi connectivity index (χ3v) is 13.6. The first-order valence-electron chi connectivity index (χ1n) is 7.60. The normalized spacial score (nSPS) is 16.6. The number of rotatable bonds is 10. The Labute approximate surface area is 123 Å². The van der Waals surface area contributed by atoms with Gasteiger partial charge in [0.1, 0.15) is 0 Å². The fourth-order valence-corrected chi connectivity index (χ4v) is 12.5. The highest BCUT2D eigenvalue weighted by molar-refractivity contribution is 8.30.